The second-order valence-electron chi connectivity index (χ2n) is 4.45. The van der Waals surface area contributed by atoms with Crippen molar-refractivity contribution in [2.75, 3.05) is 0 Å². The van der Waals surface area contributed by atoms with Crippen LogP contribution in [0.25, 0.3) is 10.2 Å². The topological polar surface area (TPSA) is 32.9 Å². The molecule has 0 aliphatic heterocycles. The van der Waals surface area contributed by atoms with Gasteiger partial charge in [0.25, 0.3) is 0 Å². The summed E-state index contributed by atoms with van der Waals surface area (Å²) in [5.41, 5.74) is 2.27. The Balaban J connectivity index is 2.83. The van der Waals surface area contributed by atoms with Gasteiger partial charge in [0.1, 0.15) is 0 Å². The van der Waals surface area contributed by atoms with Gasteiger partial charge in [0.2, 0.25) is 0 Å². The van der Waals surface area contributed by atoms with Crippen LogP contribution >= 0.6 is 11.3 Å². The predicted octanol–water partition coefficient (Wildman–Crippen LogP) is 2.89. The van der Waals surface area contributed by atoms with Crippen LogP contribution in [-0.4, -0.2) is 4.98 Å². The van der Waals surface area contributed by atoms with Gasteiger partial charge in [-0.05, 0) is 17.0 Å². The van der Waals surface area contributed by atoms with Gasteiger partial charge < -0.3 is 4.98 Å². The second kappa shape index (κ2) is 2.95. The smallest absolute Gasteiger partial charge is 0.305 e. The molecule has 0 saturated carbocycles. The summed E-state index contributed by atoms with van der Waals surface area (Å²) >= 11 is 1.29. The average Bonchev–Trinajstić information content (AvgIpc) is 2.41. The molecule has 2 rings (SSSR count). The van der Waals surface area contributed by atoms with Crippen LogP contribution in [0, 0.1) is 0 Å². The Morgan fingerprint density at radius 3 is 2.64 bits per heavy atom. The molecule has 0 spiro atoms. The van der Waals surface area contributed by atoms with Gasteiger partial charge in [-0.2, -0.15) is 0 Å². The molecule has 0 bridgehead atoms. The van der Waals surface area contributed by atoms with Crippen molar-refractivity contribution in [3.05, 3.63) is 33.4 Å². The van der Waals surface area contributed by atoms with Crippen molar-refractivity contribution in [1.29, 1.82) is 0 Å². The normalized spacial score (nSPS) is 12.2. The molecule has 1 aromatic heterocycles. The minimum Gasteiger partial charge on any atom is -0.312 e. The van der Waals surface area contributed by atoms with E-state index >= 15 is 0 Å². The van der Waals surface area contributed by atoms with Crippen LogP contribution in [-0.2, 0) is 5.41 Å². The molecule has 1 aromatic carbocycles. The van der Waals surface area contributed by atoms with Gasteiger partial charge in [-0.25, -0.2) is 0 Å². The summed E-state index contributed by atoms with van der Waals surface area (Å²) < 4.78 is 1.09. The number of aromatic nitrogens is 1. The lowest BCUT2D eigenvalue weighted by molar-refractivity contribution is 0.596. The van der Waals surface area contributed by atoms with E-state index in [-0.39, 0.29) is 10.3 Å². The third kappa shape index (κ3) is 1.48. The zero-order valence-corrected chi connectivity index (χ0v) is 9.37. The van der Waals surface area contributed by atoms with Crippen LogP contribution in [0.5, 0.6) is 0 Å². The number of benzene rings is 1. The first-order valence-corrected chi connectivity index (χ1v) is 5.42. The summed E-state index contributed by atoms with van der Waals surface area (Å²) in [6.45, 7) is 6.48. The van der Waals surface area contributed by atoms with Crippen LogP contribution < -0.4 is 4.87 Å². The Morgan fingerprint density at radius 1 is 1.29 bits per heavy atom. The lowest BCUT2D eigenvalue weighted by atomic mass is 9.87. The van der Waals surface area contributed by atoms with E-state index in [4.69, 9.17) is 0 Å². The van der Waals surface area contributed by atoms with E-state index in [1.54, 1.807) is 0 Å². The highest BCUT2D eigenvalue weighted by Crippen LogP contribution is 2.30. The van der Waals surface area contributed by atoms with E-state index < -0.39 is 0 Å². The summed E-state index contributed by atoms with van der Waals surface area (Å²) in [6, 6.07) is 6.03. The Kier molecular flexibility index (Phi) is 2.00. The number of nitrogens with one attached hydrogen (secondary N) is 1. The molecule has 0 unspecified atom stereocenters. The van der Waals surface area contributed by atoms with Crippen molar-refractivity contribution in [3.63, 3.8) is 0 Å². The molecule has 0 aliphatic carbocycles. The highest BCUT2D eigenvalue weighted by Gasteiger charge is 2.17. The molecular formula is C11H13NOS. The third-order valence-corrected chi connectivity index (χ3v) is 3.19. The summed E-state index contributed by atoms with van der Waals surface area (Å²) in [7, 11) is 0. The molecule has 0 radical (unpaired) electrons. The molecule has 0 aliphatic rings. The van der Waals surface area contributed by atoms with E-state index in [1.807, 2.05) is 12.1 Å². The van der Waals surface area contributed by atoms with Crippen molar-refractivity contribution < 1.29 is 0 Å². The Hall–Kier alpha value is -1.09. The molecule has 74 valence electrons. The lowest BCUT2D eigenvalue weighted by Crippen LogP contribution is -2.10. The van der Waals surface area contributed by atoms with Crippen molar-refractivity contribution >= 4 is 21.6 Å². The third-order valence-electron chi connectivity index (χ3n) is 2.25. The minimum atomic E-state index is 0.0247. The minimum absolute atomic E-state index is 0.0247. The molecule has 1 N–H and O–H groups in total. The molecule has 0 atom stereocenters. The molecule has 1 heterocycles. The maximum Gasteiger partial charge on any atom is 0.305 e. The quantitative estimate of drug-likeness (QED) is 0.708. The highest BCUT2D eigenvalue weighted by molar-refractivity contribution is 7.16. The van der Waals surface area contributed by atoms with Crippen LogP contribution in [0.4, 0.5) is 0 Å². The second-order valence-corrected chi connectivity index (χ2v) is 5.43. The Labute approximate surface area is 86.6 Å². The van der Waals surface area contributed by atoms with Crippen LogP contribution in [0.3, 0.4) is 0 Å². The first-order valence-electron chi connectivity index (χ1n) is 4.61. The number of hydrogen-bond acceptors (Lipinski definition) is 2. The molecule has 0 amide bonds. The van der Waals surface area contributed by atoms with Gasteiger partial charge in [0.05, 0.1) is 10.2 Å². The van der Waals surface area contributed by atoms with Gasteiger partial charge in [0.15, 0.2) is 0 Å². The fraction of sp³-hybridized carbons (Fsp3) is 0.364. The predicted molar refractivity (Wildman–Crippen MR) is 61.1 cm³/mol. The fourth-order valence-corrected chi connectivity index (χ4v) is 2.62. The van der Waals surface area contributed by atoms with E-state index in [0.717, 1.165) is 10.2 Å². The molecule has 0 fully saturated rings. The first-order chi connectivity index (χ1) is 6.48. The van der Waals surface area contributed by atoms with Crippen molar-refractivity contribution in [2.24, 2.45) is 0 Å². The van der Waals surface area contributed by atoms with E-state index in [9.17, 15) is 4.79 Å². The lowest BCUT2D eigenvalue weighted by Gasteiger charge is -2.19. The molecule has 2 aromatic rings. The number of rotatable bonds is 0. The Morgan fingerprint density at radius 2 is 2.00 bits per heavy atom. The van der Waals surface area contributed by atoms with Crippen molar-refractivity contribution in [3.8, 4) is 0 Å². The first kappa shape index (κ1) is 9.46. The summed E-state index contributed by atoms with van der Waals surface area (Å²) in [4.78, 5) is 14.1. The van der Waals surface area contributed by atoms with Gasteiger partial charge in [0, 0.05) is 0 Å². The highest BCUT2D eigenvalue weighted by atomic mass is 32.1. The van der Waals surface area contributed by atoms with Crippen LogP contribution in [0.1, 0.15) is 26.3 Å². The number of fused-ring (bicyclic) bond motifs is 1. The van der Waals surface area contributed by atoms with Crippen molar-refractivity contribution in [2.45, 2.75) is 26.2 Å². The molecule has 2 nitrogen and oxygen atoms in total. The fourth-order valence-electron chi connectivity index (χ4n) is 1.56. The van der Waals surface area contributed by atoms with E-state index in [0.29, 0.717) is 0 Å². The Bertz CT molecular complexity index is 516. The number of aromatic amines is 1. The monoisotopic (exact) mass is 207 g/mol. The van der Waals surface area contributed by atoms with E-state index in [2.05, 4.69) is 31.8 Å². The summed E-state index contributed by atoms with van der Waals surface area (Å²) in [5, 5.41) is 0. The van der Waals surface area contributed by atoms with Gasteiger partial charge in [-0.1, -0.05) is 44.2 Å². The zero-order valence-electron chi connectivity index (χ0n) is 8.55. The van der Waals surface area contributed by atoms with Gasteiger partial charge >= 0.3 is 4.87 Å². The molecular weight excluding hydrogens is 194 g/mol. The van der Waals surface area contributed by atoms with Crippen molar-refractivity contribution in [1.82, 2.24) is 4.98 Å². The molecule has 3 heteroatoms. The number of hydrogen-bond donors (Lipinski definition) is 1. The zero-order chi connectivity index (χ0) is 10.3. The summed E-state index contributed by atoms with van der Waals surface area (Å²) in [6.07, 6.45) is 0. The van der Waals surface area contributed by atoms with Crippen LogP contribution in [0.2, 0.25) is 0 Å². The SMILES string of the molecule is CC(C)(C)c1cccc2[nH]c(=O)sc12. The maximum atomic E-state index is 11.2. The summed E-state index contributed by atoms with van der Waals surface area (Å²) in [5.74, 6) is 0. The number of thiazole rings is 1. The molecule has 14 heavy (non-hydrogen) atoms. The maximum absolute atomic E-state index is 11.2. The van der Waals surface area contributed by atoms with Crippen LogP contribution in [0.15, 0.2) is 23.0 Å². The van der Waals surface area contributed by atoms with E-state index in [1.165, 1.54) is 16.9 Å². The standard InChI is InChI=1S/C11H13NOS/c1-11(2,3)7-5-4-6-8-9(7)14-10(13)12-8/h4-6H,1-3H3,(H,12,13). The largest absolute Gasteiger partial charge is 0.312 e. The molecule has 0 saturated heterocycles. The average molecular weight is 207 g/mol. The number of H-pyrrole nitrogens is 1. The van der Waals surface area contributed by atoms with Gasteiger partial charge in [-0.15, -0.1) is 0 Å². The van der Waals surface area contributed by atoms with Gasteiger partial charge in [-0.3, -0.25) is 4.79 Å².